The molecule has 0 aromatic carbocycles. The molecular weight excluding hydrogens is 162 g/mol. The van der Waals surface area contributed by atoms with E-state index in [2.05, 4.69) is 0 Å². The van der Waals surface area contributed by atoms with Gasteiger partial charge in [0.2, 0.25) is 0 Å². The third kappa shape index (κ3) is 1.28. The standard InChI is InChI=1S/C8H15NO.ClH/c9-8-6-2-1-5(3-6)7(8)4-10;/h5-8,10H,1-4,9H2;1H. The second-order valence-electron chi connectivity index (χ2n) is 3.76. The summed E-state index contributed by atoms with van der Waals surface area (Å²) < 4.78 is 0. The summed E-state index contributed by atoms with van der Waals surface area (Å²) in [6.07, 6.45) is 3.90. The molecule has 4 unspecified atom stereocenters. The molecule has 2 nitrogen and oxygen atoms in total. The van der Waals surface area contributed by atoms with E-state index in [9.17, 15) is 0 Å². The minimum atomic E-state index is 0. The SMILES string of the molecule is Cl.NC1C2CCC(C2)C1CO. The predicted molar refractivity (Wildman–Crippen MR) is 46.6 cm³/mol. The van der Waals surface area contributed by atoms with Gasteiger partial charge in [0.25, 0.3) is 0 Å². The molecule has 2 bridgehead atoms. The quantitative estimate of drug-likeness (QED) is 0.622. The fourth-order valence-corrected chi connectivity index (χ4v) is 2.73. The van der Waals surface area contributed by atoms with Crippen molar-refractivity contribution in [2.45, 2.75) is 25.3 Å². The number of aliphatic hydroxyl groups is 1. The van der Waals surface area contributed by atoms with E-state index < -0.39 is 0 Å². The van der Waals surface area contributed by atoms with Crippen molar-refractivity contribution in [1.82, 2.24) is 0 Å². The lowest BCUT2D eigenvalue weighted by Gasteiger charge is -2.25. The van der Waals surface area contributed by atoms with E-state index in [1.54, 1.807) is 0 Å². The molecule has 0 radical (unpaired) electrons. The molecule has 0 saturated heterocycles. The molecule has 0 aromatic heterocycles. The number of nitrogens with two attached hydrogens (primary N) is 1. The van der Waals surface area contributed by atoms with E-state index in [1.807, 2.05) is 0 Å². The third-order valence-corrected chi connectivity index (χ3v) is 3.37. The van der Waals surface area contributed by atoms with Crippen LogP contribution in [0.2, 0.25) is 0 Å². The van der Waals surface area contributed by atoms with Crippen LogP contribution in [0.1, 0.15) is 19.3 Å². The van der Waals surface area contributed by atoms with Crippen LogP contribution in [0.5, 0.6) is 0 Å². The Morgan fingerprint density at radius 1 is 1.27 bits per heavy atom. The molecule has 2 saturated carbocycles. The Morgan fingerprint density at radius 3 is 2.27 bits per heavy atom. The third-order valence-electron chi connectivity index (χ3n) is 3.37. The Bertz CT molecular complexity index is 140. The first-order chi connectivity index (χ1) is 4.83. The van der Waals surface area contributed by atoms with E-state index in [-0.39, 0.29) is 12.4 Å². The zero-order valence-corrected chi connectivity index (χ0v) is 7.39. The van der Waals surface area contributed by atoms with E-state index in [4.69, 9.17) is 10.8 Å². The largest absolute Gasteiger partial charge is 0.396 e. The highest BCUT2D eigenvalue weighted by molar-refractivity contribution is 5.85. The van der Waals surface area contributed by atoms with Crippen molar-refractivity contribution < 1.29 is 5.11 Å². The van der Waals surface area contributed by atoms with Gasteiger partial charge in [0.15, 0.2) is 0 Å². The van der Waals surface area contributed by atoms with E-state index in [0.717, 1.165) is 11.8 Å². The predicted octanol–water partition coefficient (Wildman–Crippen LogP) is 0.774. The molecule has 2 fully saturated rings. The highest BCUT2D eigenvalue weighted by atomic mass is 35.5. The van der Waals surface area contributed by atoms with Crippen LogP contribution in [0.25, 0.3) is 0 Å². The zero-order chi connectivity index (χ0) is 7.14. The second kappa shape index (κ2) is 3.30. The topological polar surface area (TPSA) is 46.2 Å². The molecule has 0 amide bonds. The number of hydrogen-bond donors (Lipinski definition) is 2. The molecule has 2 aliphatic rings. The van der Waals surface area contributed by atoms with Gasteiger partial charge in [-0.1, -0.05) is 0 Å². The van der Waals surface area contributed by atoms with Gasteiger partial charge >= 0.3 is 0 Å². The van der Waals surface area contributed by atoms with Gasteiger partial charge in [0.05, 0.1) is 0 Å². The fourth-order valence-electron chi connectivity index (χ4n) is 2.73. The van der Waals surface area contributed by atoms with Crippen LogP contribution in [-0.2, 0) is 0 Å². The molecule has 0 aromatic rings. The van der Waals surface area contributed by atoms with Crippen molar-refractivity contribution in [3.63, 3.8) is 0 Å². The lowest BCUT2D eigenvalue weighted by atomic mass is 9.86. The maximum atomic E-state index is 8.98. The highest BCUT2D eigenvalue weighted by Crippen LogP contribution is 2.47. The Kier molecular flexibility index (Phi) is 2.79. The van der Waals surface area contributed by atoms with Gasteiger partial charge in [-0.15, -0.1) is 12.4 Å². The molecule has 2 aliphatic carbocycles. The first kappa shape index (κ1) is 9.30. The van der Waals surface area contributed by atoms with E-state index in [1.165, 1.54) is 19.3 Å². The van der Waals surface area contributed by atoms with Crippen LogP contribution in [0.3, 0.4) is 0 Å². The van der Waals surface area contributed by atoms with Gasteiger partial charge in [0.1, 0.15) is 0 Å². The summed E-state index contributed by atoms with van der Waals surface area (Å²) in [6.45, 7) is 0.308. The van der Waals surface area contributed by atoms with Crippen molar-refractivity contribution in [2.24, 2.45) is 23.5 Å². The zero-order valence-electron chi connectivity index (χ0n) is 6.57. The van der Waals surface area contributed by atoms with Crippen molar-refractivity contribution in [1.29, 1.82) is 0 Å². The summed E-state index contributed by atoms with van der Waals surface area (Å²) in [4.78, 5) is 0. The summed E-state index contributed by atoms with van der Waals surface area (Å²) in [5, 5.41) is 8.98. The Labute approximate surface area is 73.6 Å². The molecule has 66 valence electrons. The van der Waals surface area contributed by atoms with Gasteiger partial charge in [-0.3, -0.25) is 0 Å². The van der Waals surface area contributed by atoms with Gasteiger partial charge in [-0.25, -0.2) is 0 Å². The maximum absolute atomic E-state index is 8.98. The van der Waals surface area contributed by atoms with Gasteiger partial charge < -0.3 is 10.8 Å². The smallest absolute Gasteiger partial charge is 0.0476 e. The Morgan fingerprint density at radius 2 is 1.91 bits per heavy atom. The number of rotatable bonds is 1. The molecule has 0 heterocycles. The minimum absolute atomic E-state index is 0. The maximum Gasteiger partial charge on any atom is 0.0476 e. The van der Waals surface area contributed by atoms with Crippen LogP contribution in [0, 0.1) is 17.8 Å². The first-order valence-corrected chi connectivity index (χ1v) is 4.19. The highest BCUT2D eigenvalue weighted by Gasteiger charge is 2.44. The molecule has 11 heavy (non-hydrogen) atoms. The fraction of sp³-hybridized carbons (Fsp3) is 1.00. The molecule has 0 aliphatic heterocycles. The molecule has 3 N–H and O–H groups in total. The summed E-state index contributed by atoms with van der Waals surface area (Å²) in [7, 11) is 0. The summed E-state index contributed by atoms with van der Waals surface area (Å²) in [5.74, 6) is 1.92. The molecule has 3 heteroatoms. The summed E-state index contributed by atoms with van der Waals surface area (Å²) >= 11 is 0. The van der Waals surface area contributed by atoms with Crippen molar-refractivity contribution in [3.8, 4) is 0 Å². The minimum Gasteiger partial charge on any atom is -0.396 e. The van der Waals surface area contributed by atoms with Crippen LogP contribution in [0.15, 0.2) is 0 Å². The summed E-state index contributed by atoms with van der Waals surface area (Å²) in [5.41, 5.74) is 5.91. The van der Waals surface area contributed by atoms with Crippen LogP contribution in [-0.4, -0.2) is 17.8 Å². The van der Waals surface area contributed by atoms with Gasteiger partial charge in [-0.2, -0.15) is 0 Å². The lowest BCUT2D eigenvalue weighted by molar-refractivity contribution is 0.159. The molecule has 4 atom stereocenters. The van der Waals surface area contributed by atoms with Crippen molar-refractivity contribution in [3.05, 3.63) is 0 Å². The average molecular weight is 178 g/mol. The van der Waals surface area contributed by atoms with Crippen LogP contribution < -0.4 is 5.73 Å². The number of hydrogen-bond acceptors (Lipinski definition) is 2. The number of halogens is 1. The average Bonchev–Trinajstić information content (AvgIpc) is 2.46. The first-order valence-electron chi connectivity index (χ1n) is 4.19. The van der Waals surface area contributed by atoms with Crippen molar-refractivity contribution in [2.75, 3.05) is 6.61 Å². The lowest BCUT2D eigenvalue weighted by Crippen LogP contribution is -2.37. The van der Waals surface area contributed by atoms with Crippen LogP contribution in [0.4, 0.5) is 0 Å². The van der Waals surface area contributed by atoms with Gasteiger partial charge in [-0.05, 0) is 31.1 Å². The molecule has 0 spiro atoms. The summed E-state index contributed by atoms with van der Waals surface area (Å²) in [6, 6.07) is 0.309. The molecular formula is C8H16ClNO. The second-order valence-corrected chi connectivity index (χ2v) is 3.76. The normalized spacial score (nSPS) is 47.5. The van der Waals surface area contributed by atoms with Crippen LogP contribution >= 0.6 is 12.4 Å². The van der Waals surface area contributed by atoms with E-state index >= 15 is 0 Å². The molecule has 2 rings (SSSR count). The van der Waals surface area contributed by atoms with Crippen molar-refractivity contribution >= 4 is 12.4 Å². The Hall–Kier alpha value is 0.210. The van der Waals surface area contributed by atoms with Gasteiger partial charge in [0, 0.05) is 18.6 Å². The van der Waals surface area contributed by atoms with E-state index in [0.29, 0.717) is 18.6 Å². The monoisotopic (exact) mass is 177 g/mol. The number of aliphatic hydroxyl groups excluding tert-OH is 1. The number of fused-ring (bicyclic) bond motifs is 2. The Balaban J connectivity index is 0.000000605.